The van der Waals surface area contributed by atoms with Gasteiger partial charge in [-0.25, -0.2) is 4.79 Å². The molecule has 0 aliphatic carbocycles. The van der Waals surface area contributed by atoms with Gasteiger partial charge in [0.2, 0.25) is 0 Å². The quantitative estimate of drug-likeness (QED) is 0.328. The number of anilines is 1. The third-order valence-corrected chi connectivity index (χ3v) is 5.67. The molecule has 180 valence electrons. The van der Waals surface area contributed by atoms with Gasteiger partial charge in [0, 0.05) is 51.5 Å². The van der Waals surface area contributed by atoms with Gasteiger partial charge >= 0.3 is 6.09 Å². The van der Waals surface area contributed by atoms with E-state index in [0.29, 0.717) is 5.92 Å². The van der Waals surface area contributed by atoms with Gasteiger partial charge in [-0.2, -0.15) is 0 Å². The number of rotatable bonds is 5. The highest BCUT2D eigenvalue weighted by Crippen LogP contribution is 2.26. The summed E-state index contributed by atoms with van der Waals surface area (Å²) in [7, 11) is 3.52. The Labute approximate surface area is 209 Å². The number of amides is 1. The summed E-state index contributed by atoms with van der Waals surface area (Å²) >= 11 is 0. The smallest absolute Gasteiger partial charge is 0.407 e. The van der Waals surface area contributed by atoms with E-state index in [0.717, 1.165) is 57.3 Å². The molecule has 3 rings (SSSR count). The van der Waals surface area contributed by atoms with Crippen molar-refractivity contribution < 1.29 is 14.3 Å². The summed E-state index contributed by atoms with van der Waals surface area (Å²) in [5, 5.41) is 6.51. The number of alkyl carbamates (subject to hydrolysis) is 1. The zero-order chi connectivity index (χ0) is 22.4. The van der Waals surface area contributed by atoms with Crippen LogP contribution >= 0.6 is 24.0 Å². The molecule has 2 heterocycles. The second kappa shape index (κ2) is 11.8. The third kappa shape index (κ3) is 7.60. The number of benzene rings is 1. The number of nitrogens with zero attached hydrogens (tertiary/aromatic N) is 3. The van der Waals surface area contributed by atoms with Crippen molar-refractivity contribution in [1.82, 2.24) is 15.5 Å². The summed E-state index contributed by atoms with van der Waals surface area (Å²) in [6.07, 6.45) is 1.67. The number of guanidine groups is 1. The maximum Gasteiger partial charge on any atom is 0.407 e. The van der Waals surface area contributed by atoms with Crippen LogP contribution in [0, 0.1) is 5.92 Å². The van der Waals surface area contributed by atoms with Gasteiger partial charge in [-0.05, 0) is 51.7 Å². The Morgan fingerprint density at radius 1 is 1.22 bits per heavy atom. The minimum atomic E-state index is -0.486. The Kier molecular flexibility index (Phi) is 9.72. The highest BCUT2D eigenvalue weighted by atomic mass is 127. The van der Waals surface area contributed by atoms with E-state index in [2.05, 4.69) is 37.6 Å². The van der Waals surface area contributed by atoms with Gasteiger partial charge in [0.1, 0.15) is 11.4 Å². The first-order valence-electron chi connectivity index (χ1n) is 11.1. The first kappa shape index (κ1) is 26.3. The lowest BCUT2D eigenvalue weighted by Crippen LogP contribution is -2.45. The largest absolute Gasteiger partial charge is 0.497 e. The fourth-order valence-electron chi connectivity index (χ4n) is 4.15. The molecule has 2 aliphatic rings. The molecule has 1 aromatic carbocycles. The monoisotopic (exact) mass is 559 g/mol. The first-order chi connectivity index (χ1) is 14.8. The average Bonchev–Trinajstić information content (AvgIpc) is 3.37. The maximum absolute atomic E-state index is 12.0. The van der Waals surface area contributed by atoms with Gasteiger partial charge in [0.05, 0.1) is 13.2 Å². The number of likely N-dealkylation sites (tertiary alicyclic amines) is 1. The second-order valence-electron chi connectivity index (χ2n) is 9.31. The fourth-order valence-corrected chi connectivity index (χ4v) is 4.15. The molecule has 2 atom stereocenters. The topological polar surface area (TPSA) is 78.4 Å². The number of hydrogen-bond donors (Lipinski definition) is 2. The fraction of sp³-hybridized carbons (Fsp3) is 0.652. The number of hydrogen-bond acceptors (Lipinski definition) is 5. The van der Waals surface area contributed by atoms with Crippen LogP contribution in [0.2, 0.25) is 0 Å². The third-order valence-electron chi connectivity index (χ3n) is 5.67. The molecule has 0 saturated carbocycles. The van der Waals surface area contributed by atoms with E-state index in [1.807, 2.05) is 40.0 Å². The predicted molar refractivity (Wildman–Crippen MR) is 139 cm³/mol. The van der Waals surface area contributed by atoms with Crippen LogP contribution in [-0.2, 0) is 4.74 Å². The Bertz CT molecular complexity index is 783. The summed E-state index contributed by atoms with van der Waals surface area (Å²) in [6.45, 7) is 10.2. The number of halogens is 1. The number of aliphatic imine (C=N–C) groups is 1. The molecule has 0 aromatic heterocycles. The molecular formula is C23H38IN5O3. The van der Waals surface area contributed by atoms with E-state index >= 15 is 0 Å². The molecule has 2 N–H and O–H groups in total. The summed E-state index contributed by atoms with van der Waals surface area (Å²) in [5.41, 5.74) is 0.724. The molecule has 2 aliphatic heterocycles. The van der Waals surface area contributed by atoms with Crippen LogP contribution in [0.1, 0.15) is 33.6 Å². The van der Waals surface area contributed by atoms with Crippen molar-refractivity contribution in [2.75, 3.05) is 51.8 Å². The summed E-state index contributed by atoms with van der Waals surface area (Å²) < 4.78 is 10.7. The van der Waals surface area contributed by atoms with Crippen LogP contribution in [-0.4, -0.2) is 75.5 Å². The maximum atomic E-state index is 12.0. The minimum Gasteiger partial charge on any atom is -0.497 e. The molecule has 9 heteroatoms. The lowest BCUT2D eigenvalue weighted by Gasteiger charge is -2.24. The van der Waals surface area contributed by atoms with Crippen LogP contribution in [0.5, 0.6) is 5.75 Å². The molecule has 0 radical (unpaired) electrons. The summed E-state index contributed by atoms with van der Waals surface area (Å²) in [4.78, 5) is 21.1. The molecule has 0 spiro atoms. The van der Waals surface area contributed by atoms with Crippen molar-refractivity contribution in [2.45, 2.75) is 45.3 Å². The van der Waals surface area contributed by atoms with Crippen LogP contribution in [0.15, 0.2) is 29.3 Å². The van der Waals surface area contributed by atoms with Gasteiger partial charge in [-0.3, -0.25) is 4.99 Å². The number of methoxy groups -OCH3 is 1. The first-order valence-corrected chi connectivity index (χ1v) is 11.1. The molecule has 1 aromatic rings. The van der Waals surface area contributed by atoms with Gasteiger partial charge in [0.15, 0.2) is 5.96 Å². The van der Waals surface area contributed by atoms with Gasteiger partial charge < -0.3 is 29.9 Å². The molecule has 0 bridgehead atoms. The van der Waals surface area contributed by atoms with Crippen LogP contribution in [0.25, 0.3) is 0 Å². The van der Waals surface area contributed by atoms with E-state index in [1.54, 1.807) is 7.11 Å². The molecule has 2 fully saturated rings. The summed E-state index contributed by atoms with van der Waals surface area (Å²) in [5.74, 6) is 2.35. The van der Waals surface area contributed by atoms with Gasteiger partial charge in [-0.1, -0.05) is 6.07 Å². The Hall–Kier alpha value is -1.91. The van der Waals surface area contributed by atoms with E-state index < -0.39 is 5.60 Å². The summed E-state index contributed by atoms with van der Waals surface area (Å²) in [6, 6.07) is 8.32. The normalized spacial score (nSPS) is 21.2. The van der Waals surface area contributed by atoms with E-state index in [1.165, 1.54) is 5.69 Å². The predicted octanol–water partition coefficient (Wildman–Crippen LogP) is 3.31. The highest BCUT2D eigenvalue weighted by Gasteiger charge is 2.29. The molecule has 2 saturated heterocycles. The number of nitrogens with one attached hydrogen (secondary N) is 2. The number of carbonyl (C=O) groups is 1. The Balaban J connectivity index is 0.00000363. The SMILES string of the molecule is CN=C(NCC1CCN(c2cccc(OC)c2)C1)N1CCC(NC(=O)OC(C)(C)C)C1.I. The zero-order valence-electron chi connectivity index (χ0n) is 19.9. The minimum absolute atomic E-state index is 0. The van der Waals surface area contributed by atoms with E-state index in [9.17, 15) is 4.79 Å². The van der Waals surface area contributed by atoms with E-state index in [-0.39, 0.29) is 36.1 Å². The van der Waals surface area contributed by atoms with Crippen LogP contribution < -0.4 is 20.3 Å². The second-order valence-corrected chi connectivity index (χ2v) is 9.31. The highest BCUT2D eigenvalue weighted by molar-refractivity contribution is 14.0. The van der Waals surface area contributed by atoms with Crippen LogP contribution in [0.4, 0.5) is 10.5 Å². The molecule has 8 nitrogen and oxygen atoms in total. The van der Waals surface area contributed by atoms with E-state index in [4.69, 9.17) is 9.47 Å². The van der Waals surface area contributed by atoms with Crippen molar-refractivity contribution in [1.29, 1.82) is 0 Å². The standard InChI is InChI=1S/C23H37N5O3.HI/c1-23(2,3)31-22(29)26-18-10-12-28(16-18)21(24-4)25-14-17-9-11-27(15-17)19-7-6-8-20(13-19)30-5;/h6-8,13,17-18H,9-12,14-16H2,1-5H3,(H,24,25)(H,26,29);1H. The number of carbonyl (C=O) groups excluding carboxylic acids is 1. The van der Waals surface area contributed by atoms with Crippen molar-refractivity contribution in [2.24, 2.45) is 10.9 Å². The lowest BCUT2D eigenvalue weighted by atomic mass is 10.1. The molecular weight excluding hydrogens is 521 g/mol. The van der Waals surface area contributed by atoms with Gasteiger partial charge in [0.25, 0.3) is 0 Å². The van der Waals surface area contributed by atoms with Crippen molar-refractivity contribution >= 4 is 41.7 Å². The Morgan fingerprint density at radius 3 is 2.69 bits per heavy atom. The average molecular weight is 559 g/mol. The van der Waals surface area contributed by atoms with Crippen LogP contribution in [0.3, 0.4) is 0 Å². The van der Waals surface area contributed by atoms with Crippen molar-refractivity contribution in [3.05, 3.63) is 24.3 Å². The molecule has 2 unspecified atom stereocenters. The van der Waals surface area contributed by atoms with Crippen molar-refractivity contribution in [3.8, 4) is 5.75 Å². The van der Waals surface area contributed by atoms with Crippen molar-refractivity contribution in [3.63, 3.8) is 0 Å². The Morgan fingerprint density at radius 2 is 2.00 bits per heavy atom. The lowest BCUT2D eigenvalue weighted by molar-refractivity contribution is 0.0507. The number of ether oxygens (including phenoxy) is 2. The molecule has 1 amide bonds. The zero-order valence-corrected chi connectivity index (χ0v) is 22.2. The van der Waals surface area contributed by atoms with Gasteiger partial charge in [-0.15, -0.1) is 24.0 Å². The molecule has 32 heavy (non-hydrogen) atoms.